The molecular weight excluding hydrogens is 346 g/mol. The molecule has 136 valence electrons. The van der Waals surface area contributed by atoms with Gasteiger partial charge in [-0.2, -0.15) is 9.82 Å². The summed E-state index contributed by atoms with van der Waals surface area (Å²) in [5.41, 5.74) is 1.07. The first-order valence-electron chi connectivity index (χ1n) is 7.98. The van der Waals surface area contributed by atoms with Crippen molar-refractivity contribution in [2.75, 3.05) is 11.4 Å². The van der Waals surface area contributed by atoms with Gasteiger partial charge in [-0.1, -0.05) is 5.16 Å². The Bertz CT molecular complexity index is 895. The fraction of sp³-hybridized carbons (Fsp3) is 0.533. The van der Waals surface area contributed by atoms with Gasteiger partial charge < -0.3 is 4.52 Å². The highest BCUT2D eigenvalue weighted by atomic mass is 32.2. The van der Waals surface area contributed by atoms with E-state index in [1.165, 1.54) is 6.92 Å². The summed E-state index contributed by atoms with van der Waals surface area (Å²) in [5, 5.41) is 7.92. The molecule has 1 aliphatic heterocycles. The zero-order valence-corrected chi connectivity index (χ0v) is 15.4. The fourth-order valence-electron chi connectivity index (χ4n) is 3.17. The molecule has 1 fully saturated rings. The number of carbonyl (C=O) groups is 1. The zero-order chi connectivity index (χ0) is 18.4. The van der Waals surface area contributed by atoms with Gasteiger partial charge in [-0.25, -0.2) is 8.42 Å². The molecule has 0 bridgehead atoms. The molecule has 1 saturated heterocycles. The van der Waals surface area contributed by atoms with Crippen molar-refractivity contribution in [1.82, 2.24) is 19.7 Å². The summed E-state index contributed by atoms with van der Waals surface area (Å²) in [6, 6.07) is 0.978. The lowest BCUT2D eigenvalue weighted by Gasteiger charge is -2.32. The maximum atomic E-state index is 12.8. The minimum absolute atomic E-state index is 0.00574. The lowest BCUT2D eigenvalue weighted by atomic mass is 10.1. The van der Waals surface area contributed by atoms with Crippen LogP contribution in [0.5, 0.6) is 0 Å². The molecule has 3 rings (SSSR count). The average Bonchev–Trinajstić information content (AvgIpc) is 3.03. The Hall–Kier alpha value is -2.20. The molecule has 1 N–H and O–H groups in total. The maximum absolute atomic E-state index is 12.8. The lowest BCUT2D eigenvalue weighted by Crippen LogP contribution is -2.52. The molecule has 0 saturated carbocycles. The van der Waals surface area contributed by atoms with Crippen LogP contribution in [0.15, 0.2) is 15.5 Å². The van der Waals surface area contributed by atoms with Crippen molar-refractivity contribution in [2.45, 2.75) is 44.6 Å². The predicted molar refractivity (Wildman–Crippen MR) is 89.6 cm³/mol. The summed E-state index contributed by atoms with van der Waals surface area (Å²) in [6.45, 7) is 5.46. The van der Waals surface area contributed by atoms with E-state index in [1.54, 1.807) is 23.6 Å². The number of amides is 1. The number of hydrogen-bond acceptors (Lipinski definition) is 6. The highest BCUT2D eigenvalue weighted by Crippen LogP contribution is 2.24. The highest BCUT2D eigenvalue weighted by Gasteiger charge is 2.36. The van der Waals surface area contributed by atoms with Crippen LogP contribution in [0.3, 0.4) is 0 Å². The van der Waals surface area contributed by atoms with E-state index in [-0.39, 0.29) is 22.3 Å². The SMILES string of the molecule is Cc1cc(N2CCC[C@@H](NS(=O)(=O)c3c(C)noc3C)C2=O)n(C)n1. The topological polar surface area (TPSA) is 110 Å². The fourth-order valence-corrected chi connectivity index (χ4v) is 4.72. The van der Waals surface area contributed by atoms with Crippen molar-refractivity contribution in [1.29, 1.82) is 0 Å². The molecule has 0 aromatic carbocycles. The van der Waals surface area contributed by atoms with E-state index in [4.69, 9.17) is 4.52 Å². The highest BCUT2D eigenvalue weighted by molar-refractivity contribution is 7.89. The summed E-state index contributed by atoms with van der Waals surface area (Å²) in [4.78, 5) is 14.4. The third kappa shape index (κ3) is 3.19. The molecule has 25 heavy (non-hydrogen) atoms. The van der Waals surface area contributed by atoms with E-state index in [9.17, 15) is 13.2 Å². The Morgan fingerprint density at radius 1 is 1.32 bits per heavy atom. The van der Waals surface area contributed by atoms with Gasteiger partial charge in [-0.15, -0.1) is 0 Å². The Kier molecular flexibility index (Phi) is 4.41. The van der Waals surface area contributed by atoms with Crippen LogP contribution in [-0.4, -0.2) is 41.8 Å². The van der Waals surface area contributed by atoms with Crippen LogP contribution in [-0.2, 0) is 21.9 Å². The zero-order valence-electron chi connectivity index (χ0n) is 14.6. The summed E-state index contributed by atoms with van der Waals surface area (Å²) in [5.74, 6) is 0.570. The van der Waals surface area contributed by atoms with Crippen molar-refractivity contribution < 1.29 is 17.7 Å². The van der Waals surface area contributed by atoms with Gasteiger partial charge in [-0.3, -0.25) is 14.4 Å². The lowest BCUT2D eigenvalue weighted by molar-refractivity contribution is -0.121. The number of rotatable bonds is 4. The van der Waals surface area contributed by atoms with Gasteiger partial charge in [0.25, 0.3) is 0 Å². The first kappa shape index (κ1) is 17.6. The van der Waals surface area contributed by atoms with Crippen molar-refractivity contribution in [2.24, 2.45) is 7.05 Å². The molecule has 2 aromatic heterocycles. The number of carbonyl (C=O) groups excluding carboxylic acids is 1. The molecule has 2 aromatic rings. The Morgan fingerprint density at radius 2 is 2.04 bits per heavy atom. The number of aryl methyl sites for hydroxylation is 4. The van der Waals surface area contributed by atoms with Crippen LogP contribution in [0.25, 0.3) is 0 Å². The largest absolute Gasteiger partial charge is 0.360 e. The Balaban J connectivity index is 1.86. The third-order valence-corrected chi connectivity index (χ3v) is 5.94. The van der Waals surface area contributed by atoms with Gasteiger partial charge in [0.2, 0.25) is 15.9 Å². The van der Waals surface area contributed by atoms with Gasteiger partial charge in [0, 0.05) is 19.7 Å². The van der Waals surface area contributed by atoms with Crippen molar-refractivity contribution >= 4 is 21.7 Å². The van der Waals surface area contributed by atoms with Gasteiger partial charge >= 0.3 is 0 Å². The van der Waals surface area contributed by atoms with Crippen LogP contribution >= 0.6 is 0 Å². The van der Waals surface area contributed by atoms with Crippen molar-refractivity contribution in [3.05, 3.63) is 23.2 Å². The van der Waals surface area contributed by atoms with E-state index >= 15 is 0 Å². The molecule has 0 spiro atoms. The van der Waals surface area contributed by atoms with Crippen LogP contribution in [0.4, 0.5) is 5.82 Å². The maximum Gasteiger partial charge on any atom is 0.246 e. The van der Waals surface area contributed by atoms with E-state index in [0.717, 1.165) is 5.69 Å². The molecule has 0 aliphatic carbocycles. The summed E-state index contributed by atoms with van der Waals surface area (Å²) >= 11 is 0. The second-order valence-electron chi connectivity index (χ2n) is 6.23. The molecule has 1 aliphatic rings. The molecule has 1 amide bonds. The second-order valence-corrected chi connectivity index (χ2v) is 7.88. The molecule has 0 unspecified atom stereocenters. The number of nitrogens with one attached hydrogen (secondary N) is 1. The molecular formula is C15H21N5O4S. The smallest absolute Gasteiger partial charge is 0.246 e. The van der Waals surface area contributed by atoms with Crippen molar-refractivity contribution in [3.63, 3.8) is 0 Å². The summed E-state index contributed by atoms with van der Waals surface area (Å²) < 4.78 is 34.4. The number of hydrogen-bond donors (Lipinski definition) is 1. The number of piperidine rings is 1. The van der Waals surface area contributed by atoms with Crippen LogP contribution < -0.4 is 9.62 Å². The summed E-state index contributed by atoms with van der Waals surface area (Å²) in [6.07, 6.45) is 1.12. The molecule has 3 heterocycles. The van der Waals surface area contributed by atoms with Crippen LogP contribution in [0.2, 0.25) is 0 Å². The number of sulfonamides is 1. The van der Waals surface area contributed by atoms with E-state index < -0.39 is 16.1 Å². The van der Waals surface area contributed by atoms with Crippen LogP contribution in [0, 0.1) is 20.8 Å². The van der Waals surface area contributed by atoms with E-state index in [0.29, 0.717) is 25.2 Å². The molecule has 10 heteroatoms. The quantitative estimate of drug-likeness (QED) is 0.856. The van der Waals surface area contributed by atoms with Gasteiger partial charge in [0.15, 0.2) is 5.76 Å². The molecule has 0 radical (unpaired) electrons. The predicted octanol–water partition coefficient (Wildman–Crippen LogP) is 0.807. The van der Waals surface area contributed by atoms with Gasteiger partial charge in [0.05, 0.1) is 5.69 Å². The minimum Gasteiger partial charge on any atom is -0.360 e. The Labute approximate surface area is 146 Å². The Morgan fingerprint density at radius 3 is 2.60 bits per heavy atom. The number of nitrogens with zero attached hydrogens (tertiary/aromatic N) is 4. The van der Waals surface area contributed by atoms with Crippen LogP contribution in [0.1, 0.15) is 30.0 Å². The second kappa shape index (κ2) is 6.26. The molecule has 9 nitrogen and oxygen atoms in total. The number of aromatic nitrogens is 3. The monoisotopic (exact) mass is 367 g/mol. The molecule has 1 atom stereocenters. The average molecular weight is 367 g/mol. The van der Waals surface area contributed by atoms with Gasteiger partial charge in [0.1, 0.15) is 22.4 Å². The van der Waals surface area contributed by atoms with Gasteiger partial charge in [-0.05, 0) is 33.6 Å². The van der Waals surface area contributed by atoms with Crippen molar-refractivity contribution in [3.8, 4) is 0 Å². The van der Waals surface area contributed by atoms with E-state index in [1.807, 2.05) is 13.0 Å². The minimum atomic E-state index is -3.90. The normalized spacial score (nSPS) is 18.8. The first-order valence-corrected chi connectivity index (χ1v) is 9.46. The first-order chi connectivity index (χ1) is 11.7. The standard InChI is InChI=1S/C15H21N5O4S/c1-9-8-13(19(4)16-9)20-7-5-6-12(15(20)21)18-25(22,23)14-10(2)17-24-11(14)3/h8,12,18H,5-7H2,1-4H3/t12-/m1/s1. The van der Waals surface area contributed by atoms with E-state index in [2.05, 4.69) is 15.0 Å². The summed E-state index contributed by atoms with van der Waals surface area (Å²) in [7, 11) is -2.14. The number of anilines is 1. The third-order valence-electron chi connectivity index (χ3n) is 4.23.